The number of carbonyl (C=O) groups is 1. The molecule has 4 nitrogen and oxygen atoms in total. The molecule has 4 rings (SSSR count). The summed E-state index contributed by atoms with van der Waals surface area (Å²) in [6.45, 7) is 16.6. The molecule has 0 aliphatic carbocycles. The smallest absolute Gasteiger partial charge is 0.314 e. The van der Waals surface area contributed by atoms with Crippen LogP contribution in [0.2, 0.25) is 0 Å². The minimum absolute atomic E-state index is 0.111. The number of esters is 1. The highest BCUT2D eigenvalue weighted by molar-refractivity contribution is 8.03. The fourth-order valence-corrected chi connectivity index (χ4v) is 7.49. The van der Waals surface area contributed by atoms with Crippen LogP contribution in [0.4, 0.5) is 0 Å². The number of unbranched alkanes of at least 4 members (excludes halogenated alkanes) is 2. The maximum Gasteiger partial charge on any atom is 0.314 e. The first kappa shape index (κ1) is 29.5. The first-order chi connectivity index (χ1) is 18.2. The fourth-order valence-electron chi connectivity index (χ4n) is 6.23. The van der Waals surface area contributed by atoms with Gasteiger partial charge in [-0.15, -0.1) is 11.8 Å². The van der Waals surface area contributed by atoms with Crippen molar-refractivity contribution in [2.24, 2.45) is 11.8 Å². The average molecular weight is 542 g/mol. The summed E-state index contributed by atoms with van der Waals surface area (Å²) in [5.41, 5.74) is 3.22. The van der Waals surface area contributed by atoms with E-state index < -0.39 is 0 Å². The molecule has 1 fully saturated rings. The van der Waals surface area contributed by atoms with Crippen molar-refractivity contribution >= 4 is 23.3 Å². The zero-order chi connectivity index (χ0) is 27.3. The lowest BCUT2D eigenvalue weighted by atomic mass is 9.83. The van der Waals surface area contributed by atoms with Crippen LogP contribution >= 0.6 is 11.8 Å². The van der Waals surface area contributed by atoms with Crippen molar-refractivity contribution in [1.29, 1.82) is 0 Å². The van der Waals surface area contributed by atoms with E-state index in [4.69, 9.17) is 9.47 Å². The van der Waals surface area contributed by atoms with Crippen LogP contribution in [0, 0.1) is 11.8 Å². The van der Waals surface area contributed by atoms with Gasteiger partial charge in [-0.2, -0.15) is 0 Å². The van der Waals surface area contributed by atoms with Crippen LogP contribution < -0.4 is 9.47 Å². The predicted molar refractivity (Wildman–Crippen MR) is 161 cm³/mol. The Morgan fingerprint density at radius 1 is 1.08 bits per heavy atom. The van der Waals surface area contributed by atoms with E-state index in [9.17, 15) is 4.79 Å². The van der Waals surface area contributed by atoms with Gasteiger partial charge in [0, 0.05) is 4.91 Å². The van der Waals surface area contributed by atoms with Gasteiger partial charge < -0.3 is 14.4 Å². The predicted octanol–water partition coefficient (Wildman–Crippen LogP) is 8.83. The molecule has 0 spiro atoms. The Bertz CT molecular complexity index is 994. The van der Waals surface area contributed by atoms with E-state index in [0.29, 0.717) is 17.6 Å². The quantitative estimate of drug-likeness (QED) is 0.159. The monoisotopic (exact) mass is 541 g/mol. The lowest BCUT2D eigenvalue weighted by molar-refractivity contribution is -0.138. The number of ether oxygens (including phenoxy) is 2. The number of nitrogens with zero attached hydrogens (tertiary/aromatic N) is 1. The molecule has 1 saturated heterocycles. The molecular formula is C33H51NO3S. The number of hydrogen-bond donors (Lipinski definition) is 0. The van der Waals surface area contributed by atoms with E-state index in [2.05, 4.69) is 51.7 Å². The van der Waals surface area contributed by atoms with E-state index in [-0.39, 0.29) is 17.5 Å². The second-order valence-electron chi connectivity index (χ2n) is 12.5. The number of thioether (sulfide) groups is 1. The number of carbonyl (C=O) groups excluding carboxylic acids is 1. The number of fused-ring (bicyclic) bond motifs is 2. The molecule has 0 amide bonds. The van der Waals surface area contributed by atoms with Crippen molar-refractivity contribution in [3.63, 3.8) is 0 Å². The zero-order valence-corrected chi connectivity index (χ0v) is 25.7. The first-order valence-electron chi connectivity index (χ1n) is 15.4. The summed E-state index contributed by atoms with van der Waals surface area (Å²) in [7, 11) is 0. The molecule has 0 saturated carbocycles. The van der Waals surface area contributed by atoms with Crippen LogP contribution in [0.15, 0.2) is 17.0 Å². The third-order valence-corrected chi connectivity index (χ3v) is 10.5. The minimum Gasteiger partial charge on any atom is -0.482 e. The van der Waals surface area contributed by atoms with Gasteiger partial charge in [-0.05, 0) is 106 Å². The van der Waals surface area contributed by atoms with Gasteiger partial charge >= 0.3 is 5.97 Å². The zero-order valence-electron chi connectivity index (χ0n) is 24.9. The van der Waals surface area contributed by atoms with Gasteiger partial charge in [-0.3, -0.25) is 4.79 Å². The Kier molecular flexibility index (Phi) is 10.3. The highest BCUT2D eigenvalue weighted by Crippen LogP contribution is 2.53. The Balaban J connectivity index is 1.61. The second kappa shape index (κ2) is 13.3. The Morgan fingerprint density at radius 2 is 1.84 bits per heavy atom. The van der Waals surface area contributed by atoms with Gasteiger partial charge in [0.15, 0.2) is 0 Å². The van der Waals surface area contributed by atoms with Crippen molar-refractivity contribution in [3.8, 4) is 11.5 Å². The van der Waals surface area contributed by atoms with Gasteiger partial charge in [0.1, 0.15) is 17.1 Å². The highest BCUT2D eigenvalue weighted by atomic mass is 32.2. The lowest BCUT2D eigenvalue weighted by Gasteiger charge is -2.39. The Morgan fingerprint density at radius 3 is 2.58 bits per heavy atom. The minimum atomic E-state index is -0.356. The van der Waals surface area contributed by atoms with E-state index in [1.165, 1.54) is 61.0 Å². The van der Waals surface area contributed by atoms with Gasteiger partial charge in [-0.25, -0.2) is 0 Å². The molecule has 3 atom stereocenters. The number of likely N-dealkylation sites (tertiary alicyclic amines) is 1. The average Bonchev–Trinajstić information content (AvgIpc) is 2.91. The maximum absolute atomic E-state index is 13.4. The molecular weight excluding hydrogens is 490 g/mol. The van der Waals surface area contributed by atoms with Crippen molar-refractivity contribution < 1.29 is 14.3 Å². The third kappa shape index (κ3) is 6.99. The Labute approximate surface area is 236 Å². The van der Waals surface area contributed by atoms with Gasteiger partial charge in [0.25, 0.3) is 0 Å². The number of rotatable bonds is 11. The van der Waals surface area contributed by atoms with Crippen LogP contribution in [-0.4, -0.2) is 41.9 Å². The standard InChI is InChI=1S/C33H51NO3S/c1-7-8-10-14-23(2)25(4)26-21-28(36-32(35)24(3)16-19-34-17-11-9-12-18-34)30-27-15-13-20-38-31(27)33(5,6)37-29(30)22-26/h21-25H,7-20H2,1-6H3. The molecule has 1 aromatic rings. The van der Waals surface area contributed by atoms with Crippen LogP contribution in [-0.2, 0) is 4.79 Å². The molecule has 0 N–H and O–H groups in total. The molecule has 3 aliphatic rings. The lowest BCUT2D eigenvalue weighted by Crippen LogP contribution is -2.35. The Hall–Kier alpha value is -1.46. The summed E-state index contributed by atoms with van der Waals surface area (Å²) in [5, 5.41) is 0. The maximum atomic E-state index is 13.4. The number of benzene rings is 1. The second-order valence-corrected chi connectivity index (χ2v) is 13.6. The molecule has 3 heterocycles. The number of piperidine rings is 1. The molecule has 5 heteroatoms. The highest BCUT2D eigenvalue weighted by Gasteiger charge is 2.39. The van der Waals surface area contributed by atoms with E-state index >= 15 is 0 Å². The van der Waals surface area contributed by atoms with Crippen LogP contribution in [0.3, 0.4) is 0 Å². The van der Waals surface area contributed by atoms with Crippen molar-refractivity contribution in [2.45, 2.75) is 117 Å². The van der Waals surface area contributed by atoms with Crippen LogP contribution in [0.25, 0.3) is 5.57 Å². The van der Waals surface area contributed by atoms with E-state index in [1.54, 1.807) is 0 Å². The molecule has 212 valence electrons. The van der Waals surface area contributed by atoms with Crippen molar-refractivity contribution in [2.75, 3.05) is 25.4 Å². The van der Waals surface area contributed by atoms with Crippen molar-refractivity contribution in [1.82, 2.24) is 4.90 Å². The molecule has 0 aromatic heterocycles. The van der Waals surface area contributed by atoms with Gasteiger partial charge in [-0.1, -0.05) is 59.8 Å². The van der Waals surface area contributed by atoms with E-state index in [1.807, 2.05) is 18.7 Å². The summed E-state index contributed by atoms with van der Waals surface area (Å²) in [6.07, 6.45) is 11.9. The van der Waals surface area contributed by atoms with Crippen molar-refractivity contribution in [3.05, 3.63) is 28.2 Å². The van der Waals surface area contributed by atoms with Gasteiger partial charge in [0.05, 0.1) is 11.5 Å². The fraction of sp³-hybridized carbons (Fsp3) is 0.727. The molecule has 1 aromatic carbocycles. The normalized spacial score (nSPS) is 21.6. The summed E-state index contributed by atoms with van der Waals surface area (Å²) in [4.78, 5) is 17.3. The molecule has 3 unspecified atom stereocenters. The number of allylic oxidation sites excluding steroid dienone is 1. The van der Waals surface area contributed by atoms with Crippen LogP contribution in [0.5, 0.6) is 11.5 Å². The van der Waals surface area contributed by atoms with Gasteiger partial charge in [0.2, 0.25) is 0 Å². The van der Waals surface area contributed by atoms with Crippen LogP contribution in [0.1, 0.15) is 123 Å². The summed E-state index contributed by atoms with van der Waals surface area (Å²) < 4.78 is 13.0. The molecule has 38 heavy (non-hydrogen) atoms. The number of hydrogen-bond acceptors (Lipinski definition) is 5. The molecule has 3 aliphatic heterocycles. The molecule has 0 bridgehead atoms. The first-order valence-corrected chi connectivity index (χ1v) is 16.4. The molecule has 0 radical (unpaired) electrons. The SMILES string of the molecule is CCCCCC(C)C(C)c1cc(OC(=O)C(C)CCN2CCCCC2)c2c(c1)OC(C)(C)C1=C2CCCS1. The topological polar surface area (TPSA) is 38.8 Å². The summed E-state index contributed by atoms with van der Waals surface area (Å²) in [6, 6.07) is 4.42. The largest absolute Gasteiger partial charge is 0.482 e. The third-order valence-electron chi connectivity index (χ3n) is 8.98. The van der Waals surface area contributed by atoms with E-state index in [0.717, 1.165) is 56.0 Å². The summed E-state index contributed by atoms with van der Waals surface area (Å²) in [5.74, 6) is 3.42. The summed E-state index contributed by atoms with van der Waals surface area (Å²) >= 11 is 1.91.